The van der Waals surface area contributed by atoms with Crippen LogP contribution in [0.2, 0.25) is 0 Å². The summed E-state index contributed by atoms with van der Waals surface area (Å²) in [5.74, 6) is 2.04. The zero-order valence-corrected chi connectivity index (χ0v) is 15.0. The van der Waals surface area contributed by atoms with Crippen LogP contribution in [-0.4, -0.2) is 32.3 Å². The lowest BCUT2D eigenvalue weighted by molar-refractivity contribution is -0.123. The van der Waals surface area contributed by atoms with Crippen molar-refractivity contribution in [2.24, 2.45) is 0 Å². The number of benzene rings is 2. The predicted octanol–water partition coefficient (Wildman–Crippen LogP) is 3.28. The molecule has 0 saturated carbocycles. The summed E-state index contributed by atoms with van der Waals surface area (Å²) in [6.45, 7) is 7.42. The van der Waals surface area contributed by atoms with Gasteiger partial charge in [-0.1, -0.05) is 6.07 Å². The highest BCUT2D eigenvalue weighted by molar-refractivity contribution is 5.77. The highest BCUT2D eigenvalue weighted by atomic mass is 16.5. The molecule has 2 aromatic carbocycles. The van der Waals surface area contributed by atoms with E-state index in [1.54, 1.807) is 12.1 Å². The van der Waals surface area contributed by atoms with Gasteiger partial charge in [0.25, 0.3) is 5.91 Å². The molecule has 1 N–H and O–H groups in total. The molecule has 0 spiro atoms. The van der Waals surface area contributed by atoms with E-state index in [1.807, 2.05) is 45.0 Å². The first-order valence-electron chi connectivity index (χ1n) is 8.40. The van der Waals surface area contributed by atoms with Crippen LogP contribution < -0.4 is 19.5 Å². The number of amides is 1. The van der Waals surface area contributed by atoms with Crippen LogP contribution >= 0.6 is 0 Å². The van der Waals surface area contributed by atoms with Crippen molar-refractivity contribution < 1.29 is 19.0 Å². The van der Waals surface area contributed by atoms with E-state index in [9.17, 15) is 4.79 Å². The number of hydrogen-bond donors (Lipinski definition) is 1. The van der Waals surface area contributed by atoms with E-state index in [-0.39, 0.29) is 12.5 Å². The van der Waals surface area contributed by atoms with Gasteiger partial charge in [0.1, 0.15) is 23.9 Å². The van der Waals surface area contributed by atoms with E-state index in [4.69, 9.17) is 14.2 Å². The predicted molar refractivity (Wildman–Crippen MR) is 97.5 cm³/mol. The molecule has 1 amide bonds. The Kier molecular flexibility index (Phi) is 7.14. The van der Waals surface area contributed by atoms with Gasteiger partial charge in [0.2, 0.25) is 0 Å². The molecule has 0 aliphatic rings. The maximum atomic E-state index is 11.8. The van der Waals surface area contributed by atoms with Crippen LogP contribution in [0, 0.1) is 13.8 Å². The number of nitrogens with one attached hydrogen (secondary N) is 1. The van der Waals surface area contributed by atoms with Crippen LogP contribution in [0.5, 0.6) is 17.2 Å². The standard InChI is InChI=1S/C20H25NO4/c1-4-23-17-5-7-18(8-6-17)25-14-20(22)21-9-10-24-19-12-15(2)11-16(3)13-19/h5-8,11-13H,4,9-10,14H2,1-3H3,(H,21,22). The van der Waals surface area contributed by atoms with E-state index in [0.717, 1.165) is 22.6 Å². The summed E-state index contributed by atoms with van der Waals surface area (Å²) in [5, 5.41) is 2.77. The fraction of sp³-hybridized carbons (Fsp3) is 0.350. The molecular formula is C20H25NO4. The lowest BCUT2D eigenvalue weighted by Gasteiger charge is -2.10. The number of carbonyl (C=O) groups is 1. The van der Waals surface area contributed by atoms with Gasteiger partial charge in [-0.25, -0.2) is 0 Å². The van der Waals surface area contributed by atoms with Crippen molar-refractivity contribution in [3.05, 3.63) is 53.6 Å². The minimum Gasteiger partial charge on any atom is -0.494 e. The summed E-state index contributed by atoms with van der Waals surface area (Å²) >= 11 is 0. The highest BCUT2D eigenvalue weighted by Gasteiger charge is 2.03. The molecule has 0 bridgehead atoms. The summed E-state index contributed by atoms with van der Waals surface area (Å²) in [4.78, 5) is 11.8. The van der Waals surface area contributed by atoms with Crippen molar-refractivity contribution in [1.29, 1.82) is 0 Å². The molecule has 0 saturated heterocycles. The minimum atomic E-state index is -0.182. The van der Waals surface area contributed by atoms with Crippen LogP contribution in [0.25, 0.3) is 0 Å². The van der Waals surface area contributed by atoms with E-state index in [0.29, 0.717) is 25.5 Å². The second-order valence-electron chi connectivity index (χ2n) is 5.71. The SMILES string of the molecule is CCOc1ccc(OCC(=O)NCCOc2cc(C)cc(C)c2)cc1. The average Bonchev–Trinajstić information content (AvgIpc) is 2.57. The van der Waals surface area contributed by atoms with Gasteiger partial charge in [0.15, 0.2) is 6.61 Å². The first kappa shape index (κ1) is 18.6. The minimum absolute atomic E-state index is 0.0302. The summed E-state index contributed by atoms with van der Waals surface area (Å²) in [6, 6.07) is 13.2. The smallest absolute Gasteiger partial charge is 0.258 e. The Morgan fingerprint density at radius 3 is 2.08 bits per heavy atom. The Hall–Kier alpha value is -2.69. The maximum Gasteiger partial charge on any atom is 0.258 e. The largest absolute Gasteiger partial charge is 0.494 e. The monoisotopic (exact) mass is 343 g/mol. The molecule has 25 heavy (non-hydrogen) atoms. The van der Waals surface area contributed by atoms with Crippen molar-refractivity contribution in [2.45, 2.75) is 20.8 Å². The van der Waals surface area contributed by atoms with Crippen LogP contribution in [0.3, 0.4) is 0 Å². The number of carbonyl (C=O) groups excluding carboxylic acids is 1. The Bertz CT molecular complexity index is 662. The molecule has 0 heterocycles. The number of hydrogen-bond acceptors (Lipinski definition) is 4. The van der Waals surface area contributed by atoms with E-state index in [1.165, 1.54) is 0 Å². The van der Waals surface area contributed by atoms with Crippen LogP contribution in [0.15, 0.2) is 42.5 Å². The molecule has 0 radical (unpaired) electrons. The summed E-state index contributed by atoms with van der Waals surface area (Å²) in [6.07, 6.45) is 0. The first-order valence-corrected chi connectivity index (χ1v) is 8.40. The lowest BCUT2D eigenvalue weighted by Crippen LogP contribution is -2.32. The van der Waals surface area contributed by atoms with Gasteiger partial charge >= 0.3 is 0 Å². The Balaban J connectivity index is 1.65. The molecule has 5 nitrogen and oxygen atoms in total. The first-order chi connectivity index (χ1) is 12.1. The second kappa shape index (κ2) is 9.57. The molecule has 134 valence electrons. The molecule has 0 atom stereocenters. The van der Waals surface area contributed by atoms with Crippen LogP contribution in [-0.2, 0) is 4.79 Å². The molecule has 0 aliphatic heterocycles. The van der Waals surface area contributed by atoms with Crippen molar-refractivity contribution in [1.82, 2.24) is 5.32 Å². The topological polar surface area (TPSA) is 56.8 Å². The third-order valence-corrected chi connectivity index (χ3v) is 3.39. The number of aryl methyl sites for hydroxylation is 2. The highest BCUT2D eigenvalue weighted by Crippen LogP contribution is 2.17. The number of rotatable bonds is 9. The van der Waals surface area contributed by atoms with Gasteiger partial charge in [0, 0.05) is 0 Å². The van der Waals surface area contributed by atoms with E-state index < -0.39 is 0 Å². The molecule has 0 aromatic heterocycles. The lowest BCUT2D eigenvalue weighted by atomic mass is 10.1. The summed E-state index contributed by atoms with van der Waals surface area (Å²) in [5.41, 5.74) is 2.31. The van der Waals surface area contributed by atoms with Gasteiger partial charge in [-0.3, -0.25) is 4.79 Å². The Morgan fingerprint density at radius 2 is 1.48 bits per heavy atom. The third kappa shape index (κ3) is 6.75. The zero-order valence-electron chi connectivity index (χ0n) is 15.0. The van der Waals surface area contributed by atoms with Crippen LogP contribution in [0.4, 0.5) is 0 Å². The van der Waals surface area contributed by atoms with Gasteiger partial charge in [-0.15, -0.1) is 0 Å². The molecule has 5 heteroatoms. The molecular weight excluding hydrogens is 318 g/mol. The second-order valence-corrected chi connectivity index (χ2v) is 5.71. The Labute approximate surface area is 148 Å². The van der Waals surface area contributed by atoms with Gasteiger partial charge in [-0.05, 0) is 68.3 Å². The van der Waals surface area contributed by atoms with E-state index in [2.05, 4.69) is 11.4 Å². The molecule has 2 aromatic rings. The zero-order chi connectivity index (χ0) is 18.1. The van der Waals surface area contributed by atoms with Gasteiger partial charge in [0.05, 0.1) is 13.2 Å². The normalized spacial score (nSPS) is 10.2. The molecule has 0 fully saturated rings. The summed E-state index contributed by atoms with van der Waals surface area (Å²) in [7, 11) is 0. The molecule has 0 unspecified atom stereocenters. The van der Waals surface area contributed by atoms with Crippen molar-refractivity contribution in [3.63, 3.8) is 0 Å². The quantitative estimate of drug-likeness (QED) is 0.710. The van der Waals surface area contributed by atoms with Gasteiger partial charge in [-0.2, -0.15) is 0 Å². The van der Waals surface area contributed by atoms with Crippen molar-refractivity contribution in [3.8, 4) is 17.2 Å². The van der Waals surface area contributed by atoms with Crippen LogP contribution in [0.1, 0.15) is 18.1 Å². The van der Waals surface area contributed by atoms with Crippen molar-refractivity contribution >= 4 is 5.91 Å². The van der Waals surface area contributed by atoms with E-state index >= 15 is 0 Å². The average molecular weight is 343 g/mol. The molecule has 2 rings (SSSR count). The van der Waals surface area contributed by atoms with Crippen molar-refractivity contribution in [2.75, 3.05) is 26.4 Å². The van der Waals surface area contributed by atoms with Gasteiger partial charge < -0.3 is 19.5 Å². The fourth-order valence-electron chi connectivity index (χ4n) is 2.37. The third-order valence-electron chi connectivity index (χ3n) is 3.39. The molecule has 0 aliphatic carbocycles. The maximum absolute atomic E-state index is 11.8. The fourth-order valence-corrected chi connectivity index (χ4v) is 2.37. The summed E-state index contributed by atoms with van der Waals surface area (Å²) < 4.78 is 16.4. The number of ether oxygens (including phenoxy) is 3. The Morgan fingerprint density at radius 1 is 0.880 bits per heavy atom.